The molecule has 0 aromatic heterocycles. The van der Waals surface area contributed by atoms with Gasteiger partial charge in [0.05, 0.1) is 6.10 Å². The maximum absolute atomic E-state index is 12.4. The molecule has 6 nitrogen and oxygen atoms in total. The molecule has 0 aliphatic heterocycles. The van der Waals surface area contributed by atoms with Crippen LogP contribution in [0.1, 0.15) is 36.0 Å². The second kappa shape index (κ2) is 8.38. The maximum atomic E-state index is 12.4. The molecule has 0 bridgehead atoms. The van der Waals surface area contributed by atoms with E-state index in [0.717, 1.165) is 12.8 Å². The molecule has 0 heterocycles. The molecule has 26 heavy (non-hydrogen) atoms. The molecular weight excluding hydrogens is 334 g/mol. The summed E-state index contributed by atoms with van der Waals surface area (Å²) in [6.07, 6.45) is 4.75. The average molecular weight is 355 g/mol. The first-order valence-electron chi connectivity index (χ1n) is 8.63. The topological polar surface area (TPSA) is 84.9 Å². The number of carbonyl (C=O) groups excluding carboxylic acids is 1. The predicted molar refractivity (Wildman–Crippen MR) is 96.9 cm³/mol. The summed E-state index contributed by atoms with van der Waals surface area (Å²) in [5.74, 6) is -0.137. The first-order chi connectivity index (χ1) is 12.6. The Bertz CT molecular complexity index is 766. The van der Waals surface area contributed by atoms with Crippen LogP contribution in [0.25, 0.3) is 0 Å². The molecule has 3 rings (SSSR count). The second-order valence-electron chi connectivity index (χ2n) is 6.21. The lowest BCUT2D eigenvalue weighted by Gasteiger charge is -2.14. The molecule has 1 fully saturated rings. The van der Waals surface area contributed by atoms with Gasteiger partial charge in [-0.1, -0.05) is 6.07 Å². The summed E-state index contributed by atoms with van der Waals surface area (Å²) in [5, 5.41) is 11.4. The summed E-state index contributed by atoms with van der Waals surface area (Å²) in [6, 6.07) is 13.7. The van der Waals surface area contributed by atoms with Crippen molar-refractivity contribution in [3.05, 3.63) is 54.1 Å². The van der Waals surface area contributed by atoms with E-state index >= 15 is 0 Å². The van der Waals surface area contributed by atoms with E-state index in [0.29, 0.717) is 22.7 Å². The Hall–Kier alpha value is -3.02. The molecule has 0 radical (unpaired) electrons. The van der Waals surface area contributed by atoms with Gasteiger partial charge in [0.2, 0.25) is 0 Å². The largest absolute Gasteiger partial charge is 0.490 e. The Morgan fingerprint density at radius 2 is 1.77 bits per heavy atom. The fourth-order valence-corrected chi connectivity index (χ4v) is 2.89. The molecule has 0 saturated heterocycles. The van der Waals surface area contributed by atoms with Crippen LogP contribution in [-0.4, -0.2) is 29.7 Å². The number of amides is 1. The first kappa shape index (κ1) is 17.8. The zero-order chi connectivity index (χ0) is 18.4. The summed E-state index contributed by atoms with van der Waals surface area (Å²) in [4.78, 5) is 22.9. The number of hydrogen-bond donors (Lipinski definition) is 2. The van der Waals surface area contributed by atoms with Crippen molar-refractivity contribution in [1.82, 2.24) is 0 Å². The van der Waals surface area contributed by atoms with Crippen LogP contribution in [0.3, 0.4) is 0 Å². The Labute approximate surface area is 151 Å². The van der Waals surface area contributed by atoms with Crippen LogP contribution in [0.2, 0.25) is 0 Å². The molecule has 1 saturated carbocycles. The zero-order valence-electron chi connectivity index (χ0n) is 14.3. The number of aliphatic carboxylic acids is 1. The molecule has 0 unspecified atom stereocenters. The number of nitrogens with one attached hydrogen (secondary N) is 1. The Morgan fingerprint density at radius 3 is 2.46 bits per heavy atom. The second-order valence-corrected chi connectivity index (χ2v) is 6.21. The molecule has 1 amide bonds. The summed E-state index contributed by atoms with van der Waals surface area (Å²) >= 11 is 0. The monoisotopic (exact) mass is 355 g/mol. The molecule has 136 valence electrons. The van der Waals surface area contributed by atoms with E-state index in [9.17, 15) is 9.59 Å². The van der Waals surface area contributed by atoms with Gasteiger partial charge in [-0.2, -0.15) is 0 Å². The van der Waals surface area contributed by atoms with Crippen molar-refractivity contribution in [3.8, 4) is 11.5 Å². The number of ether oxygens (including phenoxy) is 2. The van der Waals surface area contributed by atoms with Gasteiger partial charge in [0.1, 0.15) is 11.5 Å². The van der Waals surface area contributed by atoms with E-state index in [4.69, 9.17) is 14.6 Å². The third-order valence-electron chi connectivity index (χ3n) is 4.18. The number of benzene rings is 2. The van der Waals surface area contributed by atoms with Gasteiger partial charge in [0, 0.05) is 11.3 Å². The molecule has 0 spiro atoms. The van der Waals surface area contributed by atoms with E-state index in [2.05, 4.69) is 5.32 Å². The van der Waals surface area contributed by atoms with Gasteiger partial charge in [-0.3, -0.25) is 4.79 Å². The van der Waals surface area contributed by atoms with Crippen molar-refractivity contribution >= 4 is 17.6 Å². The van der Waals surface area contributed by atoms with Crippen LogP contribution in [0.15, 0.2) is 48.5 Å². The van der Waals surface area contributed by atoms with E-state index in [1.165, 1.54) is 12.8 Å². The van der Waals surface area contributed by atoms with E-state index in [1.54, 1.807) is 36.4 Å². The highest BCUT2D eigenvalue weighted by molar-refractivity contribution is 6.04. The third-order valence-corrected chi connectivity index (χ3v) is 4.18. The number of carbonyl (C=O) groups is 2. The highest BCUT2D eigenvalue weighted by Crippen LogP contribution is 2.25. The summed E-state index contributed by atoms with van der Waals surface area (Å²) in [5.41, 5.74) is 1.12. The third kappa shape index (κ3) is 4.99. The smallest absolute Gasteiger partial charge is 0.341 e. The minimum atomic E-state index is -1.04. The van der Waals surface area contributed by atoms with Crippen LogP contribution < -0.4 is 14.8 Å². The lowest BCUT2D eigenvalue weighted by atomic mass is 10.2. The van der Waals surface area contributed by atoms with E-state index in [1.807, 2.05) is 12.1 Å². The lowest BCUT2D eigenvalue weighted by molar-refractivity contribution is -0.139. The van der Waals surface area contributed by atoms with Crippen molar-refractivity contribution in [2.24, 2.45) is 0 Å². The van der Waals surface area contributed by atoms with Crippen molar-refractivity contribution in [2.45, 2.75) is 31.8 Å². The molecule has 0 atom stereocenters. The lowest BCUT2D eigenvalue weighted by Crippen LogP contribution is -2.14. The van der Waals surface area contributed by atoms with Crippen molar-refractivity contribution in [1.29, 1.82) is 0 Å². The van der Waals surface area contributed by atoms with Crippen molar-refractivity contribution in [2.75, 3.05) is 11.9 Å². The van der Waals surface area contributed by atoms with Crippen LogP contribution in [0.4, 0.5) is 5.69 Å². The average Bonchev–Trinajstić information content (AvgIpc) is 3.14. The van der Waals surface area contributed by atoms with Gasteiger partial charge >= 0.3 is 5.97 Å². The highest BCUT2D eigenvalue weighted by atomic mass is 16.5. The Kier molecular flexibility index (Phi) is 5.73. The molecule has 2 N–H and O–H groups in total. The predicted octanol–water partition coefficient (Wildman–Crippen LogP) is 3.72. The van der Waals surface area contributed by atoms with Crippen LogP contribution in [-0.2, 0) is 4.79 Å². The van der Waals surface area contributed by atoms with Gasteiger partial charge < -0.3 is 19.9 Å². The molecule has 1 aliphatic rings. The fourth-order valence-electron chi connectivity index (χ4n) is 2.89. The van der Waals surface area contributed by atoms with Gasteiger partial charge in [0.25, 0.3) is 5.91 Å². The number of hydrogen-bond acceptors (Lipinski definition) is 4. The van der Waals surface area contributed by atoms with Gasteiger partial charge in [-0.25, -0.2) is 4.79 Å². The SMILES string of the molecule is O=C(O)COc1ccc(NC(=O)c2cccc(OC3CCCC3)c2)cc1. The van der Waals surface area contributed by atoms with Crippen molar-refractivity contribution in [3.63, 3.8) is 0 Å². The van der Waals surface area contributed by atoms with E-state index < -0.39 is 12.6 Å². The molecule has 2 aromatic carbocycles. The standard InChI is InChI=1S/C20H21NO5/c22-19(23)13-25-16-10-8-15(9-11-16)21-20(24)14-4-3-7-18(12-14)26-17-5-1-2-6-17/h3-4,7-12,17H,1-2,5-6,13H2,(H,21,24)(H,22,23). The number of carboxylic acids is 1. The zero-order valence-corrected chi connectivity index (χ0v) is 14.3. The Balaban J connectivity index is 1.59. The normalized spacial score (nSPS) is 14.0. The maximum Gasteiger partial charge on any atom is 0.341 e. The molecule has 1 aliphatic carbocycles. The van der Waals surface area contributed by atoms with Crippen LogP contribution in [0, 0.1) is 0 Å². The van der Waals surface area contributed by atoms with Gasteiger partial charge in [-0.05, 0) is 68.1 Å². The fraction of sp³-hybridized carbons (Fsp3) is 0.300. The number of rotatable bonds is 7. The van der Waals surface area contributed by atoms with E-state index in [-0.39, 0.29) is 12.0 Å². The summed E-state index contributed by atoms with van der Waals surface area (Å²) in [6.45, 7) is -0.403. The minimum absolute atomic E-state index is 0.235. The number of anilines is 1. The van der Waals surface area contributed by atoms with Gasteiger partial charge in [-0.15, -0.1) is 0 Å². The molecule has 6 heteroatoms. The van der Waals surface area contributed by atoms with Crippen LogP contribution in [0.5, 0.6) is 11.5 Å². The van der Waals surface area contributed by atoms with Crippen LogP contribution >= 0.6 is 0 Å². The Morgan fingerprint density at radius 1 is 1.04 bits per heavy atom. The minimum Gasteiger partial charge on any atom is -0.490 e. The van der Waals surface area contributed by atoms with Crippen molar-refractivity contribution < 1.29 is 24.2 Å². The number of carboxylic acid groups (broad SMARTS) is 1. The molecule has 2 aromatic rings. The first-order valence-corrected chi connectivity index (χ1v) is 8.63. The molecular formula is C20H21NO5. The summed E-state index contributed by atoms with van der Waals surface area (Å²) < 4.78 is 11.0. The summed E-state index contributed by atoms with van der Waals surface area (Å²) in [7, 11) is 0. The highest BCUT2D eigenvalue weighted by Gasteiger charge is 2.17. The van der Waals surface area contributed by atoms with Gasteiger partial charge in [0.15, 0.2) is 6.61 Å². The quantitative estimate of drug-likeness (QED) is 0.791.